The fraction of sp³-hybridized carbons (Fsp3) is 0.167. The van der Waals surface area contributed by atoms with Crippen LogP contribution in [0.3, 0.4) is 0 Å². The fourth-order valence-corrected chi connectivity index (χ4v) is 1.25. The van der Waals surface area contributed by atoms with Gasteiger partial charge in [-0.3, -0.25) is 0 Å². The third-order valence-electron chi connectivity index (χ3n) is 1.41. The molecule has 0 atom stereocenters. The monoisotopic (exact) mass is 244 g/mol. The molecule has 0 aromatic carbocycles. The number of hydrogen-bond acceptors (Lipinski definition) is 3. The molecule has 1 rings (SSSR count). The maximum absolute atomic E-state index is 12.8. The summed E-state index contributed by atoms with van der Waals surface area (Å²) in [5.74, 6) is -1.78. The molecule has 2 N–H and O–H groups in total. The molecule has 0 saturated heterocycles. The van der Waals surface area contributed by atoms with Crippen LogP contribution in [-0.2, 0) is 16.2 Å². The summed E-state index contributed by atoms with van der Waals surface area (Å²) in [6.45, 7) is 0. The van der Waals surface area contributed by atoms with E-state index in [2.05, 4.69) is 10.1 Å². The van der Waals surface area contributed by atoms with Crippen molar-refractivity contribution in [1.29, 1.82) is 0 Å². The Balaban J connectivity index is 3.34. The van der Waals surface area contributed by atoms with Crippen molar-refractivity contribution < 1.29 is 26.0 Å². The third-order valence-corrected chi connectivity index (χ3v) is 2.29. The van der Waals surface area contributed by atoms with Crippen LogP contribution in [0.5, 0.6) is 0 Å². The topological polar surface area (TPSA) is 73.1 Å². The van der Waals surface area contributed by atoms with Crippen LogP contribution in [0, 0.1) is 5.82 Å². The summed E-state index contributed by atoms with van der Waals surface area (Å²) in [5.41, 5.74) is -1.78. The standard InChI is InChI=1S/C6H4F4N2O2S/c7-4-1-3(15(11,13)14)2-12-5(4)6(8,9)10/h1-2H,(H2,11,13,14). The van der Waals surface area contributed by atoms with E-state index in [-0.39, 0.29) is 6.07 Å². The Bertz CT molecular complexity index is 482. The number of rotatable bonds is 1. The van der Waals surface area contributed by atoms with Crippen molar-refractivity contribution in [3.63, 3.8) is 0 Å². The van der Waals surface area contributed by atoms with Gasteiger partial charge in [-0.05, 0) is 6.07 Å². The van der Waals surface area contributed by atoms with Gasteiger partial charge in [-0.2, -0.15) is 13.2 Å². The lowest BCUT2D eigenvalue weighted by atomic mass is 10.3. The minimum absolute atomic E-state index is 0.172. The zero-order valence-corrected chi connectivity index (χ0v) is 7.73. The van der Waals surface area contributed by atoms with E-state index in [1.807, 2.05) is 0 Å². The zero-order valence-electron chi connectivity index (χ0n) is 6.92. The van der Waals surface area contributed by atoms with Gasteiger partial charge in [0.05, 0.1) is 0 Å². The molecule has 4 nitrogen and oxygen atoms in total. The van der Waals surface area contributed by atoms with Gasteiger partial charge in [0.1, 0.15) is 4.90 Å². The highest BCUT2D eigenvalue weighted by Gasteiger charge is 2.36. The number of hydrogen-bond donors (Lipinski definition) is 1. The van der Waals surface area contributed by atoms with Gasteiger partial charge in [0.2, 0.25) is 10.0 Å². The lowest BCUT2D eigenvalue weighted by Gasteiger charge is -2.07. The van der Waals surface area contributed by atoms with Gasteiger partial charge in [0, 0.05) is 6.20 Å². The number of alkyl halides is 3. The van der Waals surface area contributed by atoms with Crippen LogP contribution in [0.2, 0.25) is 0 Å². The van der Waals surface area contributed by atoms with Crippen molar-refractivity contribution in [3.05, 3.63) is 23.8 Å². The molecular formula is C6H4F4N2O2S. The summed E-state index contributed by atoms with van der Waals surface area (Å²) in [7, 11) is -4.26. The smallest absolute Gasteiger partial charge is 0.248 e. The number of aromatic nitrogens is 1. The van der Waals surface area contributed by atoms with Gasteiger partial charge < -0.3 is 0 Å². The summed E-state index contributed by atoms with van der Waals surface area (Å²) in [4.78, 5) is 1.84. The largest absolute Gasteiger partial charge is 0.436 e. The van der Waals surface area contributed by atoms with Crippen LogP contribution >= 0.6 is 0 Å². The Hall–Kier alpha value is -1.22. The Morgan fingerprint density at radius 3 is 2.20 bits per heavy atom. The summed E-state index contributed by atoms with van der Waals surface area (Å²) < 4.78 is 70.0. The molecule has 0 amide bonds. The van der Waals surface area contributed by atoms with E-state index < -0.39 is 32.6 Å². The predicted octanol–water partition coefficient (Wildman–Crippen LogP) is 0.887. The first-order chi connectivity index (χ1) is 6.62. The van der Waals surface area contributed by atoms with Crippen LogP contribution in [0.4, 0.5) is 17.6 Å². The molecule has 0 saturated carbocycles. The lowest BCUT2D eigenvalue weighted by Crippen LogP contribution is -2.16. The average Bonchev–Trinajstić information content (AvgIpc) is 1.99. The van der Waals surface area contributed by atoms with E-state index in [9.17, 15) is 26.0 Å². The minimum atomic E-state index is -4.97. The van der Waals surface area contributed by atoms with E-state index in [0.29, 0.717) is 6.20 Å². The summed E-state index contributed by atoms with van der Waals surface area (Å²) in [5, 5.41) is 4.57. The molecule has 9 heteroatoms. The van der Waals surface area contributed by atoms with Gasteiger partial charge >= 0.3 is 6.18 Å². The molecule has 0 unspecified atom stereocenters. The second-order valence-corrected chi connectivity index (χ2v) is 4.11. The highest BCUT2D eigenvalue weighted by Crippen LogP contribution is 2.29. The minimum Gasteiger partial charge on any atom is -0.248 e. The molecule has 0 aliphatic heterocycles. The zero-order chi connectivity index (χ0) is 11.9. The normalized spacial score (nSPS) is 12.9. The molecule has 0 bridgehead atoms. The molecule has 0 aliphatic carbocycles. The van der Waals surface area contributed by atoms with Crippen molar-refractivity contribution in [1.82, 2.24) is 4.98 Å². The molecule has 1 aromatic heterocycles. The number of sulfonamides is 1. The molecular weight excluding hydrogens is 240 g/mol. The number of nitrogens with zero attached hydrogens (tertiary/aromatic N) is 1. The molecule has 1 heterocycles. The summed E-state index contributed by atoms with van der Waals surface area (Å²) in [6, 6.07) is 0.172. The van der Waals surface area contributed by atoms with Crippen molar-refractivity contribution in [3.8, 4) is 0 Å². The Labute approximate surface area is 81.8 Å². The molecule has 0 aliphatic rings. The van der Waals surface area contributed by atoms with E-state index in [4.69, 9.17) is 0 Å². The predicted molar refractivity (Wildman–Crippen MR) is 40.6 cm³/mol. The number of nitrogens with two attached hydrogens (primary N) is 1. The average molecular weight is 244 g/mol. The van der Waals surface area contributed by atoms with Gasteiger partial charge in [-0.1, -0.05) is 0 Å². The van der Waals surface area contributed by atoms with Gasteiger partial charge in [0.15, 0.2) is 11.5 Å². The van der Waals surface area contributed by atoms with Crippen LogP contribution in [0.15, 0.2) is 17.2 Å². The molecule has 84 valence electrons. The van der Waals surface area contributed by atoms with Crippen LogP contribution < -0.4 is 5.14 Å². The van der Waals surface area contributed by atoms with Crippen molar-refractivity contribution in [2.75, 3.05) is 0 Å². The van der Waals surface area contributed by atoms with E-state index >= 15 is 0 Å². The Morgan fingerprint density at radius 2 is 1.87 bits per heavy atom. The van der Waals surface area contributed by atoms with E-state index in [1.165, 1.54) is 0 Å². The van der Waals surface area contributed by atoms with Gasteiger partial charge in [-0.25, -0.2) is 22.9 Å². The Morgan fingerprint density at radius 1 is 1.33 bits per heavy atom. The number of pyridine rings is 1. The maximum Gasteiger partial charge on any atom is 0.436 e. The first-order valence-corrected chi connectivity index (χ1v) is 4.92. The second-order valence-electron chi connectivity index (χ2n) is 2.54. The summed E-state index contributed by atoms with van der Waals surface area (Å²) >= 11 is 0. The van der Waals surface area contributed by atoms with Crippen molar-refractivity contribution in [2.45, 2.75) is 11.1 Å². The third kappa shape index (κ3) is 2.63. The Kier molecular flexibility index (Phi) is 2.70. The highest BCUT2D eigenvalue weighted by atomic mass is 32.2. The number of primary sulfonamides is 1. The number of halogens is 4. The van der Waals surface area contributed by atoms with E-state index in [0.717, 1.165) is 0 Å². The lowest BCUT2D eigenvalue weighted by molar-refractivity contribution is -0.143. The molecule has 15 heavy (non-hydrogen) atoms. The second kappa shape index (κ2) is 3.42. The maximum atomic E-state index is 12.8. The van der Waals surface area contributed by atoms with Crippen molar-refractivity contribution in [2.24, 2.45) is 5.14 Å². The van der Waals surface area contributed by atoms with Crippen molar-refractivity contribution >= 4 is 10.0 Å². The molecule has 1 aromatic rings. The quantitative estimate of drug-likeness (QED) is 0.745. The highest BCUT2D eigenvalue weighted by molar-refractivity contribution is 7.89. The van der Waals surface area contributed by atoms with Crippen LogP contribution in [0.1, 0.15) is 5.69 Å². The van der Waals surface area contributed by atoms with Crippen LogP contribution in [-0.4, -0.2) is 13.4 Å². The first kappa shape index (κ1) is 11.9. The summed E-state index contributed by atoms with van der Waals surface area (Å²) in [6.07, 6.45) is -4.62. The van der Waals surface area contributed by atoms with Gasteiger partial charge in [0.25, 0.3) is 0 Å². The fourth-order valence-electron chi connectivity index (χ4n) is 0.785. The molecule has 0 spiro atoms. The SMILES string of the molecule is NS(=O)(=O)c1cnc(C(F)(F)F)c(F)c1. The van der Waals surface area contributed by atoms with Crippen LogP contribution in [0.25, 0.3) is 0 Å². The molecule has 0 fully saturated rings. The molecule has 0 radical (unpaired) electrons. The first-order valence-electron chi connectivity index (χ1n) is 3.38. The van der Waals surface area contributed by atoms with E-state index in [1.54, 1.807) is 0 Å². The van der Waals surface area contributed by atoms with Gasteiger partial charge in [-0.15, -0.1) is 0 Å².